The molecule has 0 amide bonds. The third kappa shape index (κ3) is 2.15. The first-order chi connectivity index (χ1) is 8.86. The Bertz CT molecular complexity index is 472. The molecule has 1 aliphatic heterocycles. The number of benzene rings is 1. The van der Waals surface area contributed by atoms with Crippen molar-refractivity contribution in [2.45, 2.75) is 12.8 Å². The smallest absolute Gasteiger partial charge is 0.119 e. The Morgan fingerprint density at radius 3 is 2.83 bits per heavy atom. The van der Waals surface area contributed by atoms with Crippen LogP contribution in [0.4, 0.5) is 5.69 Å². The van der Waals surface area contributed by atoms with E-state index in [1.54, 1.807) is 12.7 Å². The fourth-order valence-electron chi connectivity index (χ4n) is 2.83. The van der Waals surface area contributed by atoms with Crippen molar-refractivity contribution < 1.29 is 4.74 Å². The van der Waals surface area contributed by atoms with Crippen molar-refractivity contribution in [2.24, 2.45) is 5.92 Å². The fourth-order valence-corrected chi connectivity index (χ4v) is 2.83. The van der Waals surface area contributed by atoms with Crippen LogP contribution < -0.4 is 9.64 Å². The van der Waals surface area contributed by atoms with Crippen LogP contribution in [0.1, 0.15) is 12.8 Å². The third-order valence-electron chi connectivity index (χ3n) is 3.95. The molecule has 1 unspecified atom stereocenters. The van der Waals surface area contributed by atoms with Crippen LogP contribution in [0.2, 0.25) is 0 Å². The molecule has 0 saturated carbocycles. The lowest BCUT2D eigenvalue weighted by Gasteiger charge is -2.36. The van der Waals surface area contributed by atoms with Gasteiger partial charge in [-0.2, -0.15) is 0 Å². The molecule has 0 bridgehead atoms. The molecule has 1 heterocycles. The minimum atomic E-state index is 0.782. The summed E-state index contributed by atoms with van der Waals surface area (Å²) in [5, 5.41) is 0. The van der Waals surface area contributed by atoms with Gasteiger partial charge in [0.1, 0.15) is 5.75 Å². The van der Waals surface area contributed by atoms with Crippen LogP contribution in [0.3, 0.4) is 0 Å². The van der Waals surface area contributed by atoms with Crippen molar-refractivity contribution in [3.05, 3.63) is 48.1 Å². The Kier molecular flexibility index (Phi) is 3.09. The molecule has 18 heavy (non-hydrogen) atoms. The van der Waals surface area contributed by atoms with E-state index in [1.807, 2.05) is 12.1 Å². The van der Waals surface area contributed by atoms with Gasteiger partial charge in [0.05, 0.1) is 7.11 Å². The summed E-state index contributed by atoms with van der Waals surface area (Å²) < 4.78 is 5.20. The summed E-state index contributed by atoms with van der Waals surface area (Å²) in [7, 11) is 1.71. The molecule has 3 rings (SSSR count). The molecule has 2 heteroatoms. The SMILES string of the molecule is COc1ccc(N2CCC3CC=CC=C3C2)cc1. The van der Waals surface area contributed by atoms with E-state index >= 15 is 0 Å². The van der Waals surface area contributed by atoms with Crippen molar-refractivity contribution in [1.29, 1.82) is 0 Å². The summed E-state index contributed by atoms with van der Waals surface area (Å²) >= 11 is 0. The van der Waals surface area contributed by atoms with Gasteiger partial charge in [0.25, 0.3) is 0 Å². The zero-order valence-corrected chi connectivity index (χ0v) is 10.8. The Labute approximate surface area is 109 Å². The largest absolute Gasteiger partial charge is 0.497 e. The highest BCUT2D eigenvalue weighted by Crippen LogP contribution is 2.32. The van der Waals surface area contributed by atoms with Crippen LogP contribution in [0, 0.1) is 5.92 Å². The fraction of sp³-hybridized carbons (Fsp3) is 0.375. The molecular formula is C16H19NO. The number of anilines is 1. The molecule has 1 aromatic carbocycles. The normalized spacial score (nSPS) is 22.4. The highest BCUT2D eigenvalue weighted by Gasteiger charge is 2.23. The number of hydrogen-bond donors (Lipinski definition) is 0. The molecule has 1 aliphatic carbocycles. The van der Waals surface area contributed by atoms with E-state index in [0.29, 0.717) is 0 Å². The highest BCUT2D eigenvalue weighted by molar-refractivity contribution is 5.51. The van der Waals surface area contributed by atoms with Gasteiger partial charge >= 0.3 is 0 Å². The van der Waals surface area contributed by atoms with Crippen LogP contribution >= 0.6 is 0 Å². The van der Waals surface area contributed by atoms with Crippen molar-refractivity contribution in [1.82, 2.24) is 0 Å². The number of nitrogens with zero attached hydrogens (tertiary/aromatic N) is 1. The summed E-state index contributed by atoms with van der Waals surface area (Å²) in [6.45, 7) is 2.23. The van der Waals surface area contributed by atoms with E-state index in [0.717, 1.165) is 24.8 Å². The van der Waals surface area contributed by atoms with Crippen molar-refractivity contribution in [3.8, 4) is 5.75 Å². The van der Waals surface area contributed by atoms with Gasteiger partial charge < -0.3 is 9.64 Å². The number of hydrogen-bond acceptors (Lipinski definition) is 2. The van der Waals surface area contributed by atoms with Crippen LogP contribution in [-0.4, -0.2) is 20.2 Å². The van der Waals surface area contributed by atoms with E-state index in [4.69, 9.17) is 4.74 Å². The lowest BCUT2D eigenvalue weighted by atomic mass is 9.85. The zero-order chi connectivity index (χ0) is 12.4. The van der Waals surface area contributed by atoms with Gasteiger partial charge in [0.2, 0.25) is 0 Å². The Morgan fingerprint density at radius 1 is 1.22 bits per heavy atom. The second-order valence-corrected chi connectivity index (χ2v) is 5.01. The summed E-state index contributed by atoms with van der Waals surface area (Å²) in [6, 6.07) is 8.38. The van der Waals surface area contributed by atoms with Crippen molar-refractivity contribution in [3.63, 3.8) is 0 Å². The first kappa shape index (κ1) is 11.4. The topological polar surface area (TPSA) is 12.5 Å². The monoisotopic (exact) mass is 241 g/mol. The minimum absolute atomic E-state index is 0.782. The molecule has 1 atom stereocenters. The van der Waals surface area contributed by atoms with E-state index in [2.05, 4.69) is 35.3 Å². The van der Waals surface area contributed by atoms with Crippen molar-refractivity contribution in [2.75, 3.05) is 25.1 Å². The second-order valence-electron chi connectivity index (χ2n) is 5.01. The van der Waals surface area contributed by atoms with E-state index in [-0.39, 0.29) is 0 Å². The summed E-state index contributed by atoms with van der Waals surface area (Å²) in [5.74, 6) is 1.71. The van der Waals surface area contributed by atoms with Gasteiger partial charge in [-0.05, 0) is 48.6 Å². The third-order valence-corrected chi connectivity index (χ3v) is 3.95. The maximum atomic E-state index is 5.20. The predicted molar refractivity (Wildman–Crippen MR) is 75.2 cm³/mol. The molecule has 0 aromatic heterocycles. The molecule has 1 fully saturated rings. The molecule has 0 N–H and O–H groups in total. The standard InChI is InChI=1S/C16H19NO/c1-18-16-8-6-15(7-9-16)17-11-10-13-4-2-3-5-14(13)12-17/h2-3,5-9,13H,4,10-12H2,1H3. The molecule has 0 spiro atoms. The Hall–Kier alpha value is -1.70. The average molecular weight is 241 g/mol. The number of rotatable bonds is 2. The van der Waals surface area contributed by atoms with E-state index in [1.165, 1.54) is 18.5 Å². The van der Waals surface area contributed by atoms with Gasteiger partial charge in [0, 0.05) is 18.8 Å². The number of ether oxygens (including phenoxy) is 1. The highest BCUT2D eigenvalue weighted by atomic mass is 16.5. The van der Waals surface area contributed by atoms with Gasteiger partial charge in [0.15, 0.2) is 0 Å². The first-order valence-electron chi connectivity index (χ1n) is 6.61. The van der Waals surface area contributed by atoms with E-state index < -0.39 is 0 Å². The molecule has 2 nitrogen and oxygen atoms in total. The first-order valence-corrected chi connectivity index (χ1v) is 6.61. The van der Waals surface area contributed by atoms with Crippen LogP contribution in [-0.2, 0) is 0 Å². The lowest BCUT2D eigenvalue weighted by molar-refractivity contribution is 0.414. The van der Waals surface area contributed by atoms with Gasteiger partial charge in [-0.15, -0.1) is 0 Å². The number of allylic oxidation sites excluding steroid dienone is 3. The summed E-state index contributed by atoms with van der Waals surface area (Å²) in [6.07, 6.45) is 9.27. The van der Waals surface area contributed by atoms with Crippen LogP contribution in [0.25, 0.3) is 0 Å². The predicted octanol–water partition coefficient (Wildman–Crippen LogP) is 3.41. The lowest BCUT2D eigenvalue weighted by Crippen LogP contribution is -2.35. The molecule has 1 saturated heterocycles. The van der Waals surface area contributed by atoms with Crippen LogP contribution in [0.15, 0.2) is 48.1 Å². The van der Waals surface area contributed by atoms with Gasteiger partial charge in [-0.1, -0.05) is 18.2 Å². The Morgan fingerprint density at radius 2 is 2.06 bits per heavy atom. The minimum Gasteiger partial charge on any atom is -0.497 e. The maximum Gasteiger partial charge on any atom is 0.119 e. The van der Waals surface area contributed by atoms with Gasteiger partial charge in [-0.3, -0.25) is 0 Å². The Balaban J connectivity index is 1.76. The van der Waals surface area contributed by atoms with Gasteiger partial charge in [-0.25, -0.2) is 0 Å². The molecule has 0 radical (unpaired) electrons. The quantitative estimate of drug-likeness (QED) is 0.786. The second kappa shape index (κ2) is 4.89. The van der Waals surface area contributed by atoms with Crippen LogP contribution in [0.5, 0.6) is 5.75 Å². The average Bonchev–Trinajstić information content (AvgIpc) is 2.47. The summed E-state index contributed by atoms with van der Waals surface area (Å²) in [5.41, 5.74) is 2.88. The molecule has 1 aromatic rings. The van der Waals surface area contributed by atoms with E-state index in [9.17, 15) is 0 Å². The molecule has 2 aliphatic rings. The van der Waals surface area contributed by atoms with Crippen molar-refractivity contribution >= 4 is 5.69 Å². The summed E-state index contributed by atoms with van der Waals surface area (Å²) in [4.78, 5) is 2.46. The number of methoxy groups -OCH3 is 1. The zero-order valence-electron chi connectivity index (χ0n) is 10.8. The number of fused-ring (bicyclic) bond motifs is 1. The molecule has 94 valence electrons. The maximum absolute atomic E-state index is 5.20. The molecular weight excluding hydrogens is 222 g/mol. The number of piperidine rings is 1.